The first kappa shape index (κ1) is 12.5. The third-order valence-corrected chi connectivity index (χ3v) is 3.05. The summed E-state index contributed by atoms with van der Waals surface area (Å²) in [5.41, 5.74) is 2.13. The van der Waals surface area contributed by atoms with Gasteiger partial charge in [0.05, 0.1) is 17.3 Å². The summed E-state index contributed by atoms with van der Waals surface area (Å²) in [6.07, 6.45) is -0.0735. The molecule has 1 unspecified atom stereocenters. The van der Waals surface area contributed by atoms with E-state index in [1.165, 1.54) is 0 Å². The number of nitriles is 1. The molecule has 0 saturated heterocycles. The van der Waals surface area contributed by atoms with Crippen LogP contribution in [-0.2, 0) is 11.3 Å². The molecule has 0 aliphatic carbocycles. The van der Waals surface area contributed by atoms with E-state index in [0.717, 1.165) is 10.8 Å². The molecule has 5 nitrogen and oxygen atoms in total. The van der Waals surface area contributed by atoms with E-state index in [0.29, 0.717) is 23.4 Å². The second-order valence-corrected chi connectivity index (χ2v) is 4.39. The van der Waals surface area contributed by atoms with E-state index in [2.05, 4.69) is 0 Å². The molecule has 1 N–H and O–H groups in total. The van der Waals surface area contributed by atoms with Crippen molar-refractivity contribution in [2.45, 2.75) is 12.7 Å². The van der Waals surface area contributed by atoms with Gasteiger partial charge in [0.2, 0.25) is 6.29 Å². The molecular weight excluding hydrogens is 256 g/mol. The van der Waals surface area contributed by atoms with Crippen molar-refractivity contribution < 1.29 is 14.8 Å². The molecule has 0 amide bonds. The predicted molar refractivity (Wildman–Crippen MR) is 71.1 cm³/mol. The number of benzene rings is 2. The van der Waals surface area contributed by atoms with Gasteiger partial charge in [-0.25, -0.2) is 4.84 Å². The van der Waals surface area contributed by atoms with Crippen LogP contribution in [0.25, 0.3) is 0 Å². The van der Waals surface area contributed by atoms with E-state index in [-0.39, 0.29) is 0 Å². The summed E-state index contributed by atoms with van der Waals surface area (Å²) < 4.78 is 5.65. The van der Waals surface area contributed by atoms with Crippen molar-refractivity contribution in [3.8, 4) is 11.8 Å². The predicted octanol–water partition coefficient (Wildman–Crippen LogP) is 2.65. The fourth-order valence-electron chi connectivity index (χ4n) is 2.08. The fourth-order valence-corrected chi connectivity index (χ4v) is 2.08. The van der Waals surface area contributed by atoms with Crippen LogP contribution in [0, 0.1) is 11.3 Å². The van der Waals surface area contributed by atoms with Gasteiger partial charge in [-0.15, -0.1) is 5.23 Å². The summed E-state index contributed by atoms with van der Waals surface area (Å²) in [5, 5.41) is 19.2. The second kappa shape index (κ2) is 5.21. The van der Waals surface area contributed by atoms with Gasteiger partial charge in [-0.2, -0.15) is 5.26 Å². The van der Waals surface area contributed by atoms with E-state index >= 15 is 0 Å². The Morgan fingerprint density at radius 2 is 1.95 bits per heavy atom. The second-order valence-electron chi connectivity index (χ2n) is 4.39. The molecular formula is C15H12N2O3. The zero-order valence-electron chi connectivity index (χ0n) is 10.6. The molecule has 0 radical (unpaired) electrons. The molecule has 0 fully saturated rings. The van der Waals surface area contributed by atoms with Crippen molar-refractivity contribution in [2.75, 3.05) is 5.23 Å². The van der Waals surface area contributed by atoms with Gasteiger partial charge in [0, 0.05) is 6.42 Å². The molecule has 20 heavy (non-hydrogen) atoms. The van der Waals surface area contributed by atoms with Crippen molar-refractivity contribution >= 4 is 5.69 Å². The molecule has 100 valence electrons. The van der Waals surface area contributed by atoms with Crippen molar-refractivity contribution in [3.05, 3.63) is 59.7 Å². The van der Waals surface area contributed by atoms with Crippen LogP contribution >= 0.6 is 0 Å². The van der Waals surface area contributed by atoms with Gasteiger partial charge < -0.3 is 4.74 Å². The Balaban J connectivity index is 1.75. The molecule has 1 aliphatic heterocycles. The van der Waals surface area contributed by atoms with Gasteiger partial charge in [-0.1, -0.05) is 18.2 Å². The molecule has 1 atom stereocenters. The number of para-hydroxylation sites is 1. The summed E-state index contributed by atoms with van der Waals surface area (Å²) in [5.74, 6) is 0.585. The highest BCUT2D eigenvalue weighted by atomic mass is 16.9. The summed E-state index contributed by atoms with van der Waals surface area (Å²) in [4.78, 5) is 5.27. The van der Waals surface area contributed by atoms with Crippen LogP contribution in [0.1, 0.15) is 11.1 Å². The first-order valence-electron chi connectivity index (χ1n) is 6.17. The van der Waals surface area contributed by atoms with Gasteiger partial charge in [0.1, 0.15) is 5.75 Å². The average Bonchev–Trinajstić information content (AvgIpc) is 2.48. The Hall–Kier alpha value is -2.55. The molecule has 1 heterocycles. The highest BCUT2D eigenvalue weighted by Gasteiger charge is 2.25. The largest absolute Gasteiger partial charge is 0.462 e. The van der Waals surface area contributed by atoms with Crippen molar-refractivity contribution in [1.29, 1.82) is 5.26 Å². The number of anilines is 1. The molecule has 2 aromatic carbocycles. The number of hydrogen-bond donors (Lipinski definition) is 1. The molecule has 0 spiro atoms. The fraction of sp³-hybridized carbons (Fsp3) is 0.133. The minimum atomic E-state index is -0.608. The normalized spacial score (nSPS) is 17.2. The Labute approximate surface area is 116 Å². The maximum absolute atomic E-state index is 9.78. The summed E-state index contributed by atoms with van der Waals surface area (Å²) >= 11 is 0. The van der Waals surface area contributed by atoms with Crippen LogP contribution < -0.4 is 9.96 Å². The highest BCUT2D eigenvalue weighted by molar-refractivity contribution is 5.51. The lowest BCUT2D eigenvalue weighted by Crippen LogP contribution is -2.37. The van der Waals surface area contributed by atoms with Crippen LogP contribution in [0.15, 0.2) is 48.5 Å². The third-order valence-electron chi connectivity index (χ3n) is 3.05. The Bertz CT molecular complexity index is 649. The number of rotatable bonds is 2. The maximum Gasteiger partial charge on any atom is 0.230 e. The van der Waals surface area contributed by atoms with Gasteiger partial charge in [-0.3, -0.25) is 5.21 Å². The van der Waals surface area contributed by atoms with Crippen molar-refractivity contribution in [3.63, 3.8) is 0 Å². The quantitative estimate of drug-likeness (QED) is 0.907. The molecule has 0 saturated carbocycles. The SMILES string of the molecule is N#Cc1ccc(OC2Cc3ccccc3N(O)O2)cc1. The van der Waals surface area contributed by atoms with E-state index in [9.17, 15) is 5.21 Å². The monoisotopic (exact) mass is 268 g/mol. The van der Waals surface area contributed by atoms with Crippen LogP contribution in [0.5, 0.6) is 5.75 Å². The van der Waals surface area contributed by atoms with Crippen LogP contribution in [0.4, 0.5) is 5.69 Å². The Morgan fingerprint density at radius 3 is 2.70 bits per heavy atom. The van der Waals surface area contributed by atoms with Gasteiger partial charge >= 0.3 is 0 Å². The minimum Gasteiger partial charge on any atom is -0.462 e. The van der Waals surface area contributed by atoms with Crippen molar-refractivity contribution in [2.24, 2.45) is 0 Å². The number of ether oxygens (including phenoxy) is 1. The zero-order valence-corrected chi connectivity index (χ0v) is 10.6. The molecule has 0 aromatic heterocycles. The van der Waals surface area contributed by atoms with Gasteiger partial charge in [0.15, 0.2) is 0 Å². The topological polar surface area (TPSA) is 65.7 Å². The van der Waals surface area contributed by atoms with Crippen LogP contribution in [0.3, 0.4) is 0 Å². The maximum atomic E-state index is 9.78. The minimum absolute atomic E-state index is 0.535. The van der Waals surface area contributed by atoms with Gasteiger partial charge in [-0.05, 0) is 35.9 Å². The average molecular weight is 268 g/mol. The lowest BCUT2D eigenvalue weighted by Gasteiger charge is -2.30. The molecule has 0 bridgehead atoms. The summed E-state index contributed by atoms with van der Waals surface area (Å²) in [7, 11) is 0. The zero-order chi connectivity index (χ0) is 13.9. The lowest BCUT2D eigenvalue weighted by atomic mass is 10.1. The summed E-state index contributed by atoms with van der Waals surface area (Å²) in [6.45, 7) is 0. The first-order valence-corrected chi connectivity index (χ1v) is 6.17. The number of fused-ring (bicyclic) bond motifs is 1. The molecule has 5 heteroatoms. The van der Waals surface area contributed by atoms with Gasteiger partial charge in [0.25, 0.3) is 0 Å². The first-order chi connectivity index (χ1) is 9.76. The number of nitrogens with zero attached hydrogens (tertiary/aromatic N) is 2. The summed E-state index contributed by atoms with van der Waals surface area (Å²) in [6, 6.07) is 16.2. The van der Waals surface area contributed by atoms with E-state index in [4.69, 9.17) is 14.8 Å². The molecule has 1 aliphatic rings. The molecule has 3 rings (SSSR count). The third kappa shape index (κ3) is 2.43. The Kier molecular flexibility index (Phi) is 3.25. The van der Waals surface area contributed by atoms with Crippen LogP contribution in [-0.4, -0.2) is 11.5 Å². The van der Waals surface area contributed by atoms with E-state index in [1.807, 2.05) is 24.3 Å². The lowest BCUT2D eigenvalue weighted by molar-refractivity contribution is -0.166. The van der Waals surface area contributed by atoms with E-state index < -0.39 is 6.29 Å². The van der Waals surface area contributed by atoms with Crippen LogP contribution in [0.2, 0.25) is 0 Å². The molecule has 2 aromatic rings. The highest BCUT2D eigenvalue weighted by Crippen LogP contribution is 2.28. The van der Waals surface area contributed by atoms with Crippen molar-refractivity contribution in [1.82, 2.24) is 0 Å². The van der Waals surface area contributed by atoms with E-state index in [1.54, 1.807) is 30.3 Å². The standard InChI is InChI=1S/C15H12N2O3/c16-10-11-5-7-13(8-6-11)19-15-9-12-3-1-2-4-14(12)17(18)20-15/h1-8,15,18H,9H2. The Morgan fingerprint density at radius 1 is 1.20 bits per heavy atom. The number of hydrogen-bond acceptors (Lipinski definition) is 5. The smallest absolute Gasteiger partial charge is 0.230 e.